The summed E-state index contributed by atoms with van der Waals surface area (Å²) in [5.41, 5.74) is 4.34. The maximum atomic E-state index is 12.2. The summed E-state index contributed by atoms with van der Waals surface area (Å²) in [7, 11) is 0. The lowest BCUT2D eigenvalue weighted by Gasteiger charge is -2.02. The summed E-state index contributed by atoms with van der Waals surface area (Å²) in [4.78, 5) is 19.9. The van der Waals surface area contributed by atoms with Gasteiger partial charge in [0, 0.05) is 17.1 Å². The number of nitrogens with zero attached hydrogens (tertiary/aromatic N) is 1. The van der Waals surface area contributed by atoms with Crippen molar-refractivity contribution in [3.8, 4) is 11.5 Å². The van der Waals surface area contributed by atoms with Crippen molar-refractivity contribution in [1.82, 2.24) is 9.97 Å². The molecule has 4 nitrogen and oxygen atoms in total. The molecule has 2 heterocycles. The third kappa shape index (κ3) is 1.92. The van der Waals surface area contributed by atoms with E-state index in [1.807, 2.05) is 44.3 Å². The molecule has 1 N–H and O–H groups in total. The van der Waals surface area contributed by atoms with Crippen LogP contribution in [0.15, 0.2) is 51.8 Å². The fraction of sp³-hybridized carbons (Fsp3) is 0.111. The van der Waals surface area contributed by atoms with Crippen molar-refractivity contribution >= 4 is 21.8 Å². The Balaban J connectivity index is 2.02. The zero-order valence-corrected chi connectivity index (χ0v) is 12.3. The average Bonchev–Trinajstić information content (AvgIpc) is 2.89. The lowest BCUT2D eigenvalue weighted by atomic mass is 10.1. The van der Waals surface area contributed by atoms with Crippen LogP contribution in [-0.4, -0.2) is 9.97 Å². The van der Waals surface area contributed by atoms with Gasteiger partial charge in [0.25, 0.3) is 0 Å². The molecule has 4 aromatic rings. The summed E-state index contributed by atoms with van der Waals surface area (Å²) >= 11 is 0. The molecular weight excluding hydrogens is 276 g/mol. The SMILES string of the molecule is Cc1ccc2c(=O)oc(-c3c[nH]c4cc(C)ccc34)nc2c1. The fourth-order valence-electron chi connectivity index (χ4n) is 2.71. The predicted octanol–water partition coefficient (Wildman–Crippen LogP) is 3.95. The maximum absolute atomic E-state index is 12.2. The highest BCUT2D eigenvalue weighted by Crippen LogP contribution is 2.28. The maximum Gasteiger partial charge on any atom is 0.347 e. The Bertz CT molecular complexity index is 1070. The van der Waals surface area contributed by atoms with Crippen molar-refractivity contribution < 1.29 is 4.42 Å². The number of hydrogen-bond donors (Lipinski definition) is 1. The largest absolute Gasteiger partial charge is 0.403 e. The van der Waals surface area contributed by atoms with E-state index in [-0.39, 0.29) is 5.63 Å². The molecule has 2 aromatic carbocycles. The Morgan fingerprint density at radius 2 is 1.73 bits per heavy atom. The van der Waals surface area contributed by atoms with Gasteiger partial charge in [-0.1, -0.05) is 18.2 Å². The molecule has 0 saturated heterocycles. The molecule has 108 valence electrons. The molecule has 0 amide bonds. The molecular formula is C18H14N2O2. The minimum atomic E-state index is -0.360. The zero-order chi connectivity index (χ0) is 15.3. The number of rotatable bonds is 1. The molecule has 0 aliphatic carbocycles. The summed E-state index contributed by atoms with van der Waals surface area (Å²) in [6.45, 7) is 4.01. The van der Waals surface area contributed by atoms with Crippen LogP contribution < -0.4 is 5.63 Å². The Labute approximate surface area is 126 Å². The average molecular weight is 290 g/mol. The highest BCUT2D eigenvalue weighted by atomic mass is 16.4. The molecule has 0 spiro atoms. The lowest BCUT2D eigenvalue weighted by Crippen LogP contribution is -2.02. The van der Waals surface area contributed by atoms with E-state index in [9.17, 15) is 4.79 Å². The lowest BCUT2D eigenvalue weighted by molar-refractivity contribution is 0.519. The second-order valence-electron chi connectivity index (χ2n) is 5.58. The van der Waals surface area contributed by atoms with Gasteiger partial charge in [-0.15, -0.1) is 0 Å². The molecule has 2 aromatic heterocycles. The summed E-state index contributed by atoms with van der Waals surface area (Å²) in [6, 6.07) is 11.6. The van der Waals surface area contributed by atoms with Crippen LogP contribution in [0.3, 0.4) is 0 Å². The summed E-state index contributed by atoms with van der Waals surface area (Å²) in [5.74, 6) is 0.346. The van der Waals surface area contributed by atoms with Crippen molar-refractivity contribution in [3.05, 3.63) is 64.1 Å². The fourth-order valence-corrected chi connectivity index (χ4v) is 2.71. The summed E-state index contributed by atoms with van der Waals surface area (Å²) in [5, 5.41) is 1.50. The number of aromatic nitrogens is 2. The molecule has 4 heteroatoms. The molecule has 0 bridgehead atoms. The van der Waals surface area contributed by atoms with Crippen LogP contribution in [0.1, 0.15) is 11.1 Å². The van der Waals surface area contributed by atoms with E-state index in [4.69, 9.17) is 4.42 Å². The third-order valence-corrected chi connectivity index (χ3v) is 3.85. The quantitative estimate of drug-likeness (QED) is 0.577. The number of aromatic amines is 1. The first kappa shape index (κ1) is 12.8. The minimum absolute atomic E-state index is 0.346. The topological polar surface area (TPSA) is 58.9 Å². The third-order valence-electron chi connectivity index (χ3n) is 3.85. The van der Waals surface area contributed by atoms with Gasteiger partial charge in [-0.25, -0.2) is 9.78 Å². The number of fused-ring (bicyclic) bond motifs is 2. The van der Waals surface area contributed by atoms with Gasteiger partial charge in [0.2, 0.25) is 5.89 Å². The molecule has 0 fully saturated rings. The van der Waals surface area contributed by atoms with E-state index < -0.39 is 0 Å². The Morgan fingerprint density at radius 3 is 2.55 bits per heavy atom. The van der Waals surface area contributed by atoms with E-state index in [1.54, 1.807) is 6.07 Å². The summed E-state index contributed by atoms with van der Waals surface area (Å²) in [6.07, 6.45) is 1.83. The van der Waals surface area contributed by atoms with Gasteiger partial charge in [0.15, 0.2) is 0 Å². The van der Waals surface area contributed by atoms with Crippen molar-refractivity contribution in [2.45, 2.75) is 13.8 Å². The van der Waals surface area contributed by atoms with Crippen molar-refractivity contribution in [1.29, 1.82) is 0 Å². The number of aryl methyl sites for hydroxylation is 2. The van der Waals surface area contributed by atoms with Crippen LogP contribution in [0.5, 0.6) is 0 Å². The highest BCUT2D eigenvalue weighted by Gasteiger charge is 2.13. The van der Waals surface area contributed by atoms with Crippen LogP contribution in [-0.2, 0) is 0 Å². The monoisotopic (exact) mass is 290 g/mol. The molecule has 0 unspecified atom stereocenters. The molecule has 0 atom stereocenters. The second kappa shape index (κ2) is 4.56. The van der Waals surface area contributed by atoms with Crippen LogP contribution in [0.4, 0.5) is 0 Å². The predicted molar refractivity (Wildman–Crippen MR) is 87.0 cm³/mol. The van der Waals surface area contributed by atoms with Gasteiger partial charge in [-0.2, -0.15) is 0 Å². The van der Waals surface area contributed by atoms with E-state index in [0.29, 0.717) is 16.8 Å². The highest BCUT2D eigenvalue weighted by molar-refractivity contribution is 5.94. The standard InChI is InChI=1S/C18H14N2O2/c1-10-3-5-12-14(9-19-15(12)7-10)17-20-16-8-11(2)4-6-13(16)18(21)22-17/h3-9,19H,1-2H3. The molecule has 0 radical (unpaired) electrons. The van der Waals surface area contributed by atoms with Crippen molar-refractivity contribution in [2.24, 2.45) is 0 Å². The Morgan fingerprint density at radius 1 is 1.00 bits per heavy atom. The van der Waals surface area contributed by atoms with Gasteiger partial charge >= 0.3 is 5.63 Å². The van der Waals surface area contributed by atoms with Crippen LogP contribution in [0.25, 0.3) is 33.3 Å². The first-order valence-corrected chi connectivity index (χ1v) is 7.11. The molecule has 0 aliphatic rings. The minimum Gasteiger partial charge on any atom is -0.403 e. The van der Waals surface area contributed by atoms with Crippen LogP contribution >= 0.6 is 0 Å². The van der Waals surface area contributed by atoms with E-state index in [2.05, 4.69) is 16.0 Å². The van der Waals surface area contributed by atoms with E-state index >= 15 is 0 Å². The smallest absolute Gasteiger partial charge is 0.347 e. The first-order chi connectivity index (χ1) is 10.6. The normalized spacial score (nSPS) is 11.4. The van der Waals surface area contributed by atoms with Gasteiger partial charge < -0.3 is 9.40 Å². The number of benzene rings is 2. The van der Waals surface area contributed by atoms with Crippen LogP contribution in [0, 0.1) is 13.8 Å². The van der Waals surface area contributed by atoms with Crippen LogP contribution in [0.2, 0.25) is 0 Å². The second-order valence-corrected chi connectivity index (χ2v) is 5.58. The van der Waals surface area contributed by atoms with Gasteiger partial charge in [-0.05, 0) is 43.2 Å². The van der Waals surface area contributed by atoms with Gasteiger partial charge in [0.05, 0.1) is 16.5 Å². The number of H-pyrrole nitrogens is 1. The molecule has 22 heavy (non-hydrogen) atoms. The Kier molecular flexibility index (Phi) is 2.66. The Hall–Kier alpha value is -2.88. The van der Waals surface area contributed by atoms with E-state index in [0.717, 1.165) is 22.0 Å². The van der Waals surface area contributed by atoms with E-state index in [1.165, 1.54) is 5.56 Å². The van der Waals surface area contributed by atoms with Crippen molar-refractivity contribution in [3.63, 3.8) is 0 Å². The summed E-state index contributed by atoms with van der Waals surface area (Å²) < 4.78 is 5.43. The van der Waals surface area contributed by atoms with Crippen molar-refractivity contribution in [2.75, 3.05) is 0 Å². The molecule has 4 rings (SSSR count). The molecule has 0 saturated carbocycles. The number of hydrogen-bond acceptors (Lipinski definition) is 3. The van der Waals surface area contributed by atoms with Gasteiger partial charge in [-0.3, -0.25) is 0 Å². The molecule has 0 aliphatic heterocycles. The van der Waals surface area contributed by atoms with Gasteiger partial charge in [0.1, 0.15) is 0 Å². The first-order valence-electron chi connectivity index (χ1n) is 7.11. The number of nitrogens with one attached hydrogen (secondary N) is 1. The zero-order valence-electron chi connectivity index (χ0n) is 12.3.